The Morgan fingerprint density at radius 3 is 2.19 bits per heavy atom. The Morgan fingerprint density at radius 2 is 1.69 bits per heavy atom. The molecule has 0 heterocycles. The van der Waals surface area contributed by atoms with E-state index in [1.54, 1.807) is 0 Å². The van der Waals surface area contributed by atoms with Gasteiger partial charge in [-0.15, -0.1) is 0 Å². The normalized spacial score (nSPS) is 23.6. The van der Waals surface area contributed by atoms with E-state index in [0.29, 0.717) is 11.8 Å². The average Bonchev–Trinajstić information content (AvgIpc) is 2.25. The molecule has 0 aliphatic heterocycles. The number of hydrogen-bond donors (Lipinski definition) is 1. The third-order valence-corrected chi connectivity index (χ3v) is 4.76. The van der Waals surface area contributed by atoms with Crippen LogP contribution in [0.2, 0.25) is 19.6 Å². The van der Waals surface area contributed by atoms with Crippen molar-refractivity contribution in [2.45, 2.75) is 64.8 Å². The molecule has 0 saturated heterocycles. The van der Waals surface area contributed by atoms with Gasteiger partial charge in [0, 0.05) is 0 Å². The smallest absolute Gasteiger partial charge is 0.0683 e. The van der Waals surface area contributed by atoms with Crippen LogP contribution in [0.3, 0.4) is 0 Å². The molecule has 1 nitrogen and oxygen atoms in total. The van der Waals surface area contributed by atoms with Crippen molar-refractivity contribution in [2.75, 3.05) is 0 Å². The molecule has 0 radical (unpaired) electrons. The monoisotopic (exact) mass is 240 g/mol. The van der Waals surface area contributed by atoms with Crippen LogP contribution in [0.5, 0.6) is 0 Å². The van der Waals surface area contributed by atoms with Gasteiger partial charge in [-0.05, 0) is 24.7 Å². The molecule has 94 valence electrons. The third-order valence-electron chi connectivity index (χ3n) is 3.57. The number of aliphatic hydroxyl groups is 1. The van der Waals surface area contributed by atoms with Crippen molar-refractivity contribution in [3.63, 3.8) is 0 Å². The fourth-order valence-electron chi connectivity index (χ4n) is 2.46. The van der Waals surface area contributed by atoms with Crippen LogP contribution < -0.4 is 0 Å². The second-order valence-electron chi connectivity index (χ2n) is 6.47. The summed E-state index contributed by atoms with van der Waals surface area (Å²) in [7, 11) is -1.11. The van der Waals surface area contributed by atoms with Gasteiger partial charge in [-0.25, -0.2) is 0 Å². The Hall–Kier alpha value is -0.0831. The van der Waals surface area contributed by atoms with Crippen LogP contribution >= 0.6 is 0 Å². The minimum atomic E-state index is -1.11. The van der Waals surface area contributed by atoms with E-state index < -0.39 is 8.07 Å². The van der Waals surface area contributed by atoms with Crippen LogP contribution in [-0.2, 0) is 0 Å². The highest BCUT2D eigenvalue weighted by Gasteiger charge is 2.25. The molecular formula is C14H28OSi. The summed E-state index contributed by atoms with van der Waals surface area (Å²) in [6.07, 6.45) is 8.58. The zero-order valence-corrected chi connectivity index (χ0v) is 12.4. The molecule has 0 unspecified atom stereocenters. The molecule has 1 rings (SSSR count). The first-order valence-electron chi connectivity index (χ1n) is 6.77. The molecule has 0 aromatic heterocycles. The molecule has 0 spiro atoms. The van der Waals surface area contributed by atoms with Crippen molar-refractivity contribution in [2.24, 2.45) is 11.8 Å². The minimum absolute atomic E-state index is 0.118. The van der Waals surface area contributed by atoms with Gasteiger partial charge >= 0.3 is 0 Å². The average molecular weight is 240 g/mol. The molecule has 0 amide bonds. The maximum Gasteiger partial charge on any atom is 0.0683 e. The van der Waals surface area contributed by atoms with Crippen LogP contribution in [0.4, 0.5) is 0 Å². The maximum absolute atomic E-state index is 10.3. The van der Waals surface area contributed by atoms with Crippen LogP contribution in [0.25, 0.3) is 0 Å². The molecule has 0 aromatic rings. The number of hydrogen-bond acceptors (Lipinski definition) is 1. The van der Waals surface area contributed by atoms with E-state index in [-0.39, 0.29) is 6.10 Å². The van der Waals surface area contributed by atoms with E-state index in [1.165, 1.54) is 32.1 Å². The van der Waals surface area contributed by atoms with Gasteiger partial charge in [0.2, 0.25) is 0 Å². The van der Waals surface area contributed by atoms with Crippen LogP contribution in [0.15, 0.2) is 11.8 Å². The van der Waals surface area contributed by atoms with Gasteiger partial charge in [-0.2, -0.15) is 0 Å². The van der Waals surface area contributed by atoms with Crippen molar-refractivity contribution in [1.82, 2.24) is 0 Å². The van der Waals surface area contributed by atoms with Crippen molar-refractivity contribution >= 4 is 8.07 Å². The molecule has 1 aliphatic rings. The highest BCUT2D eigenvalue weighted by Crippen LogP contribution is 2.30. The quantitative estimate of drug-likeness (QED) is 0.737. The molecule has 1 aliphatic carbocycles. The second kappa shape index (κ2) is 6.01. The highest BCUT2D eigenvalue weighted by molar-refractivity contribution is 6.80. The maximum atomic E-state index is 10.3. The molecule has 2 atom stereocenters. The lowest BCUT2D eigenvalue weighted by molar-refractivity contribution is 0.0557. The first-order chi connectivity index (χ1) is 7.40. The summed E-state index contributed by atoms with van der Waals surface area (Å²) < 4.78 is 0. The molecule has 1 fully saturated rings. The summed E-state index contributed by atoms with van der Waals surface area (Å²) in [4.78, 5) is 0. The van der Waals surface area contributed by atoms with Crippen molar-refractivity contribution < 1.29 is 5.11 Å². The van der Waals surface area contributed by atoms with Crippen LogP contribution in [0.1, 0.15) is 39.0 Å². The van der Waals surface area contributed by atoms with Crippen LogP contribution in [-0.4, -0.2) is 19.3 Å². The Balaban J connectivity index is 2.46. The molecule has 0 aromatic carbocycles. The predicted octanol–water partition coefficient (Wildman–Crippen LogP) is 4.00. The first-order valence-corrected chi connectivity index (χ1v) is 10.4. The topological polar surface area (TPSA) is 20.2 Å². The lowest BCUT2D eigenvalue weighted by Gasteiger charge is -2.29. The standard InChI is InChI=1S/C14H28OSi/c1-12(10-11-16(2,3)4)14(15)13-8-6-5-7-9-13/h10-15H,5-9H2,1-4H3/b11-10-/t12-,14-/m1/s1. The Bertz CT molecular complexity index is 223. The highest BCUT2D eigenvalue weighted by atomic mass is 28.3. The lowest BCUT2D eigenvalue weighted by Crippen LogP contribution is -2.29. The summed E-state index contributed by atoms with van der Waals surface area (Å²) >= 11 is 0. The molecule has 1 saturated carbocycles. The van der Waals surface area contributed by atoms with E-state index in [1.807, 2.05) is 0 Å². The number of aliphatic hydroxyl groups excluding tert-OH is 1. The third kappa shape index (κ3) is 4.83. The van der Waals surface area contributed by atoms with E-state index in [9.17, 15) is 5.11 Å². The van der Waals surface area contributed by atoms with Gasteiger partial charge in [-0.3, -0.25) is 0 Å². The summed E-state index contributed by atoms with van der Waals surface area (Å²) in [5.41, 5.74) is 2.36. The van der Waals surface area contributed by atoms with Gasteiger partial charge in [0.1, 0.15) is 0 Å². The van der Waals surface area contributed by atoms with Crippen LogP contribution in [0, 0.1) is 11.8 Å². The van der Waals surface area contributed by atoms with Gasteiger partial charge in [-0.1, -0.05) is 57.6 Å². The predicted molar refractivity (Wildman–Crippen MR) is 74.2 cm³/mol. The van der Waals surface area contributed by atoms with E-state index >= 15 is 0 Å². The van der Waals surface area contributed by atoms with E-state index in [0.717, 1.165) is 0 Å². The fourth-order valence-corrected chi connectivity index (χ4v) is 3.34. The molecule has 16 heavy (non-hydrogen) atoms. The summed E-state index contributed by atoms with van der Waals surface area (Å²) in [6.45, 7) is 9.17. The molecular weight excluding hydrogens is 212 g/mol. The zero-order valence-electron chi connectivity index (χ0n) is 11.4. The number of rotatable bonds is 4. The lowest BCUT2D eigenvalue weighted by atomic mass is 9.81. The zero-order chi connectivity index (χ0) is 12.2. The summed E-state index contributed by atoms with van der Waals surface area (Å²) in [5, 5.41) is 10.3. The van der Waals surface area contributed by atoms with E-state index in [4.69, 9.17) is 0 Å². The second-order valence-corrected chi connectivity index (χ2v) is 11.5. The SMILES string of the molecule is C[C@H](/C=C\[Si](C)(C)C)[C@@H](O)C1CCCCC1. The summed E-state index contributed by atoms with van der Waals surface area (Å²) in [5.74, 6) is 0.880. The molecule has 2 heteroatoms. The Morgan fingerprint density at radius 1 is 1.12 bits per heavy atom. The summed E-state index contributed by atoms with van der Waals surface area (Å²) in [6, 6.07) is 0. The fraction of sp³-hybridized carbons (Fsp3) is 0.857. The first kappa shape index (κ1) is 14.0. The van der Waals surface area contributed by atoms with Crippen molar-refractivity contribution in [1.29, 1.82) is 0 Å². The molecule has 0 bridgehead atoms. The van der Waals surface area contributed by atoms with Gasteiger partial charge in [0.15, 0.2) is 0 Å². The molecule has 1 N–H and O–H groups in total. The van der Waals surface area contributed by atoms with Gasteiger partial charge < -0.3 is 5.11 Å². The Labute approximate surface area is 102 Å². The largest absolute Gasteiger partial charge is 0.392 e. The van der Waals surface area contributed by atoms with Gasteiger partial charge in [0.25, 0.3) is 0 Å². The van der Waals surface area contributed by atoms with Crippen molar-refractivity contribution in [3.05, 3.63) is 11.8 Å². The van der Waals surface area contributed by atoms with E-state index in [2.05, 4.69) is 38.3 Å². The van der Waals surface area contributed by atoms with Crippen molar-refractivity contribution in [3.8, 4) is 0 Å². The van der Waals surface area contributed by atoms with Gasteiger partial charge in [0.05, 0.1) is 14.2 Å². The Kier molecular flexibility index (Phi) is 5.26. The minimum Gasteiger partial charge on any atom is -0.392 e.